The molecular weight excluding hydrogens is 583 g/mol. The average Bonchev–Trinajstić information content (AvgIpc) is 2.94. The molecule has 2 heterocycles. The van der Waals surface area contributed by atoms with E-state index in [0.29, 0.717) is 33.2 Å². The Balaban J connectivity index is 1.56. The van der Waals surface area contributed by atoms with Gasteiger partial charge in [0.05, 0.1) is 34.5 Å². The summed E-state index contributed by atoms with van der Waals surface area (Å²) < 4.78 is 11.1. The monoisotopic (exact) mass is 606 g/mol. The molecule has 3 aromatic rings. The Labute approximate surface area is 245 Å². The van der Waals surface area contributed by atoms with Crippen LogP contribution in [0.3, 0.4) is 0 Å². The minimum atomic E-state index is -1.08. The lowest BCUT2D eigenvalue weighted by molar-refractivity contribution is -0.140. The molecule has 0 bridgehead atoms. The third kappa shape index (κ3) is 5.80. The van der Waals surface area contributed by atoms with E-state index in [1.807, 2.05) is 0 Å². The molecule has 4 amide bonds. The molecule has 40 heavy (non-hydrogen) atoms. The average molecular weight is 608 g/mol. The number of urea groups is 1. The molecule has 10 nitrogen and oxygen atoms in total. The predicted octanol–water partition coefficient (Wildman–Crippen LogP) is 4.87. The molecule has 0 radical (unpaired) electrons. The lowest BCUT2D eigenvalue weighted by atomic mass is 10.0. The summed E-state index contributed by atoms with van der Waals surface area (Å²) in [5.41, 5.74) is 2.15. The van der Waals surface area contributed by atoms with E-state index in [0.717, 1.165) is 4.90 Å². The van der Waals surface area contributed by atoms with Crippen LogP contribution in [-0.2, 0) is 22.8 Å². The molecule has 0 spiro atoms. The number of anilines is 1. The number of pyridine rings is 1. The fraction of sp³-hybridized carbons (Fsp3) is 0.259. The number of carbonyl (C=O) groups excluding carboxylic acids is 3. The third-order valence-corrected chi connectivity index (χ3v) is 7.47. The van der Waals surface area contributed by atoms with Crippen molar-refractivity contribution >= 4 is 58.3 Å². The summed E-state index contributed by atoms with van der Waals surface area (Å²) >= 11 is 19.7. The van der Waals surface area contributed by atoms with E-state index >= 15 is 0 Å². The Hall–Kier alpha value is -3.57. The first-order chi connectivity index (χ1) is 19.1. The number of ether oxygens (including phenoxy) is 2. The molecule has 2 aromatic carbocycles. The molecule has 1 atom stereocenters. The van der Waals surface area contributed by atoms with Crippen molar-refractivity contribution in [3.63, 3.8) is 0 Å². The first kappa shape index (κ1) is 29.4. The first-order valence-corrected chi connectivity index (χ1v) is 13.1. The minimum absolute atomic E-state index is 0.0330. The molecule has 2 N–H and O–H groups in total. The molecular formula is C27H25Cl3N4O6. The van der Waals surface area contributed by atoms with Gasteiger partial charge in [-0.3, -0.25) is 14.5 Å². The Morgan fingerprint density at radius 1 is 1.10 bits per heavy atom. The largest absolute Gasteiger partial charge is 0.486 e. The number of aromatic nitrogens is 1. The number of imide groups is 1. The van der Waals surface area contributed by atoms with E-state index in [1.54, 1.807) is 42.5 Å². The molecule has 1 aromatic heterocycles. The van der Waals surface area contributed by atoms with E-state index in [-0.39, 0.29) is 41.4 Å². The van der Waals surface area contributed by atoms with Gasteiger partial charge in [0.15, 0.2) is 0 Å². The molecule has 1 aliphatic heterocycles. The Morgan fingerprint density at radius 2 is 1.77 bits per heavy atom. The third-order valence-electron chi connectivity index (χ3n) is 6.34. The van der Waals surface area contributed by atoms with Gasteiger partial charge in [-0.15, -0.1) is 0 Å². The zero-order valence-corrected chi connectivity index (χ0v) is 24.0. The van der Waals surface area contributed by atoms with Crippen LogP contribution in [0, 0.1) is 5.92 Å². The highest BCUT2D eigenvalue weighted by atomic mass is 35.5. The van der Waals surface area contributed by atoms with Gasteiger partial charge in [-0.1, -0.05) is 59.1 Å². The highest BCUT2D eigenvalue weighted by Crippen LogP contribution is 2.41. The van der Waals surface area contributed by atoms with Gasteiger partial charge in [-0.05, 0) is 18.2 Å². The zero-order valence-electron chi connectivity index (χ0n) is 21.7. The zero-order chi connectivity index (χ0) is 29.1. The molecule has 4 rings (SSSR count). The van der Waals surface area contributed by atoms with Crippen molar-refractivity contribution in [2.45, 2.75) is 13.2 Å². The SMILES string of the molecule is COc1nc(COc2cccc(-c3cccc(NC(=O)C4CN(C)C(=O)N(C)C4=O)c3Cl)c2Cl)c(Cl)cc1CO. The van der Waals surface area contributed by atoms with Crippen LogP contribution in [0.15, 0.2) is 42.5 Å². The van der Waals surface area contributed by atoms with Gasteiger partial charge in [-0.25, -0.2) is 9.78 Å². The number of hydrogen-bond donors (Lipinski definition) is 2. The van der Waals surface area contributed by atoms with Crippen LogP contribution in [0.2, 0.25) is 15.1 Å². The van der Waals surface area contributed by atoms with Gasteiger partial charge < -0.3 is 24.8 Å². The maximum Gasteiger partial charge on any atom is 0.326 e. The van der Waals surface area contributed by atoms with Crippen molar-refractivity contribution in [3.05, 3.63) is 68.8 Å². The van der Waals surface area contributed by atoms with Crippen LogP contribution in [0.25, 0.3) is 11.1 Å². The lowest BCUT2D eigenvalue weighted by Crippen LogP contribution is -2.56. The second kappa shape index (κ2) is 12.3. The molecule has 1 unspecified atom stereocenters. The summed E-state index contributed by atoms with van der Waals surface area (Å²) in [5.74, 6) is -1.71. The Bertz CT molecular complexity index is 1480. The van der Waals surface area contributed by atoms with Crippen LogP contribution < -0.4 is 14.8 Å². The van der Waals surface area contributed by atoms with Crippen molar-refractivity contribution in [2.75, 3.05) is 33.1 Å². The van der Waals surface area contributed by atoms with Crippen LogP contribution in [0.5, 0.6) is 11.6 Å². The number of amides is 4. The normalized spacial score (nSPS) is 15.3. The van der Waals surface area contributed by atoms with E-state index in [1.165, 1.54) is 26.1 Å². The Morgan fingerprint density at radius 3 is 2.45 bits per heavy atom. The maximum atomic E-state index is 13.0. The lowest BCUT2D eigenvalue weighted by Gasteiger charge is -2.33. The van der Waals surface area contributed by atoms with Crippen LogP contribution >= 0.6 is 34.8 Å². The number of nitrogens with zero attached hydrogens (tertiary/aromatic N) is 3. The standard InChI is InChI=1S/C27H25Cl3N4O6/c1-33-11-17(26(37)34(2)27(33)38)24(36)31-19-8-4-6-15(22(19)29)16-7-5-9-21(23(16)30)40-13-20-18(28)10-14(12-35)25(32-20)39-3/h4-10,17,35H,11-13H2,1-3H3,(H,31,36). The van der Waals surface area contributed by atoms with E-state index in [9.17, 15) is 19.5 Å². The van der Waals surface area contributed by atoms with Gasteiger partial charge in [-0.2, -0.15) is 0 Å². The second-order valence-electron chi connectivity index (χ2n) is 8.92. The van der Waals surface area contributed by atoms with Gasteiger partial charge >= 0.3 is 6.03 Å². The first-order valence-electron chi connectivity index (χ1n) is 11.9. The summed E-state index contributed by atoms with van der Waals surface area (Å²) in [4.78, 5) is 44.1. The van der Waals surface area contributed by atoms with Crippen molar-refractivity contribution in [2.24, 2.45) is 5.92 Å². The number of rotatable bonds is 8. The summed E-state index contributed by atoms with van der Waals surface area (Å²) in [6, 6.07) is 11.2. The van der Waals surface area contributed by atoms with Crippen molar-refractivity contribution in [1.29, 1.82) is 0 Å². The number of halogens is 3. The highest BCUT2D eigenvalue weighted by molar-refractivity contribution is 6.39. The molecule has 210 valence electrons. The summed E-state index contributed by atoms with van der Waals surface area (Å²) in [6.07, 6.45) is 0. The van der Waals surface area contributed by atoms with E-state index in [2.05, 4.69) is 10.3 Å². The number of benzene rings is 2. The topological polar surface area (TPSA) is 121 Å². The number of methoxy groups -OCH3 is 1. The minimum Gasteiger partial charge on any atom is -0.486 e. The number of nitrogens with one attached hydrogen (secondary N) is 1. The Kier molecular flexibility index (Phi) is 9.05. The fourth-order valence-electron chi connectivity index (χ4n) is 4.18. The number of aliphatic hydroxyl groups excluding tert-OH is 1. The van der Waals surface area contributed by atoms with Gasteiger partial charge in [0, 0.05) is 37.3 Å². The van der Waals surface area contributed by atoms with Crippen LogP contribution in [-0.4, -0.2) is 65.5 Å². The van der Waals surface area contributed by atoms with Gasteiger partial charge in [0.25, 0.3) is 0 Å². The van der Waals surface area contributed by atoms with Gasteiger partial charge in [0.2, 0.25) is 17.7 Å². The fourth-order valence-corrected chi connectivity index (χ4v) is 4.96. The number of aliphatic hydroxyl groups is 1. The van der Waals surface area contributed by atoms with Crippen molar-refractivity contribution in [1.82, 2.24) is 14.8 Å². The van der Waals surface area contributed by atoms with Crippen molar-refractivity contribution < 1.29 is 29.0 Å². The quantitative estimate of drug-likeness (QED) is 0.351. The van der Waals surface area contributed by atoms with Gasteiger partial charge in [0.1, 0.15) is 24.0 Å². The summed E-state index contributed by atoms with van der Waals surface area (Å²) in [7, 11) is 4.28. The smallest absolute Gasteiger partial charge is 0.326 e. The molecule has 0 aliphatic carbocycles. The highest BCUT2D eigenvalue weighted by Gasteiger charge is 2.39. The maximum absolute atomic E-state index is 13.0. The molecule has 0 saturated carbocycles. The second-order valence-corrected chi connectivity index (χ2v) is 10.1. The predicted molar refractivity (Wildman–Crippen MR) is 151 cm³/mol. The molecule has 1 saturated heterocycles. The molecule has 1 fully saturated rings. The summed E-state index contributed by atoms with van der Waals surface area (Å²) in [6.45, 7) is -0.367. The van der Waals surface area contributed by atoms with Crippen LogP contribution in [0.4, 0.5) is 10.5 Å². The molecule has 13 heteroatoms. The number of carbonyl (C=O) groups is 3. The van der Waals surface area contributed by atoms with Crippen molar-refractivity contribution in [3.8, 4) is 22.8 Å². The molecule has 1 aliphatic rings. The van der Waals surface area contributed by atoms with E-state index in [4.69, 9.17) is 44.3 Å². The van der Waals surface area contributed by atoms with E-state index < -0.39 is 23.8 Å². The summed E-state index contributed by atoms with van der Waals surface area (Å²) in [5, 5.41) is 12.9. The van der Waals surface area contributed by atoms with Crippen LogP contribution in [0.1, 0.15) is 11.3 Å². The number of hydrogen-bond acceptors (Lipinski definition) is 7.